The zero-order valence-corrected chi connectivity index (χ0v) is 14.6. The van der Waals surface area contributed by atoms with Gasteiger partial charge in [0.2, 0.25) is 0 Å². The Labute approximate surface area is 147 Å². The third-order valence-electron chi connectivity index (χ3n) is 6.02. The zero-order valence-electron chi connectivity index (χ0n) is 14.6. The van der Waals surface area contributed by atoms with E-state index in [-0.39, 0.29) is 16.2 Å². The van der Waals surface area contributed by atoms with Crippen molar-refractivity contribution in [2.24, 2.45) is 5.92 Å². The highest BCUT2D eigenvalue weighted by atomic mass is 16.6. The Balaban J connectivity index is 1.85. The minimum absolute atomic E-state index is 0.0533. The molecule has 6 nitrogen and oxygen atoms in total. The Morgan fingerprint density at radius 3 is 2.80 bits per heavy atom. The van der Waals surface area contributed by atoms with Gasteiger partial charge in [-0.3, -0.25) is 10.1 Å². The molecule has 1 saturated heterocycles. The SMILES string of the molecule is C[C@@H]1CCCN(c2c([N+](=O)[O-])cc3c(c2C#N)OC2(CCC2)CC3)C1. The van der Waals surface area contributed by atoms with Crippen molar-refractivity contribution in [1.82, 2.24) is 0 Å². The van der Waals surface area contributed by atoms with Crippen LogP contribution >= 0.6 is 0 Å². The van der Waals surface area contributed by atoms with Crippen LogP contribution in [0.4, 0.5) is 11.4 Å². The van der Waals surface area contributed by atoms with Crippen LogP contribution in [0, 0.1) is 27.4 Å². The lowest BCUT2D eigenvalue weighted by molar-refractivity contribution is -0.384. The van der Waals surface area contributed by atoms with Gasteiger partial charge in [-0.25, -0.2) is 0 Å². The number of nitrogens with zero attached hydrogens (tertiary/aromatic N) is 3. The summed E-state index contributed by atoms with van der Waals surface area (Å²) < 4.78 is 6.30. The van der Waals surface area contributed by atoms with Crippen molar-refractivity contribution >= 4 is 11.4 Å². The van der Waals surface area contributed by atoms with Crippen LogP contribution in [0.1, 0.15) is 56.6 Å². The summed E-state index contributed by atoms with van der Waals surface area (Å²) in [7, 11) is 0. The van der Waals surface area contributed by atoms with Gasteiger partial charge >= 0.3 is 0 Å². The average molecular weight is 341 g/mol. The minimum Gasteiger partial charge on any atom is -0.486 e. The highest BCUT2D eigenvalue weighted by molar-refractivity contribution is 5.78. The maximum Gasteiger partial charge on any atom is 0.294 e. The van der Waals surface area contributed by atoms with E-state index in [1.54, 1.807) is 6.07 Å². The number of benzene rings is 1. The van der Waals surface area contributed by atoms with Gasteiger partial charge in [-0.15, -0.1) is 0 Å². The Hall–Kier alpha value is -2.29. The number of hydrogen-bond acceptors (Lipinski definition) is 5. The number of rotatable bonds is 2. The first kappa shape index (κ1) is 16.2. The van der Waals surface area contributed by atoms with E-state index in [0.29, 0.717) is 22.9 Å². The van der Waals surface area contributed by atoms with Gasteiger partial charge in [0.05, 0.1) is 4.92 Å². The van der Waals surface area contributed by atoms with E-state index in [0.717, 1.165) is 63.6 Å². The molecule has 1 spiro atoms. The molecule has 0 radical (unpaired) electrons. The molecular formula is C19H23N3O3. The molecule has 0 amide bonds. The quantitative estimate of drug-likeness (QED) is 0.601. The van der Waals surface area contributed by atoms with Gasteiger partial charge in [0.1, 0.15) is 28.7 Å². The maximum absolute atomic E-state index is 11.7. The molecule has 0 N–H and O–H groups in total. The third kappa shape index (κ3) is 2.62. The standard InChI is InChI=1S/C19H23N3O3/c1-13-4-2-9-21(12-13)17-15(11-20)18-14(10-16(17)22(23)24)5-8-19(25-18)6-3-7-19/h10,13H,2-9,12H2,1H3/t13-/m1/s1. The van der Waals surface area contributed by atoms with Crippen LogP contribution in [-0.2, 0) is 6.42 Å². The van der Waals surface area contributed by atoms with Gasteiger partial charge in [-0.1, -0.05) is 6.92 Å². The monoisotopic (exact) mass is 341 g/mol. The number of ether oxygens (including phenoxy) is 1. The molecule has 0 unspecified atom stereocenters. The van der Waals surface area contributed by atoms with E-state index in [9.17, 15) is 15.4 Å². The van der Waals surface area contributed by atoms with E-state index in [1.165, 1.54) is 0 Å². The Morgan fingerprint density at radius 1 is 1.40 bits per heavy atom. The van der Waals surface area contributed by atoms with E-state index >= 15 is 0 Å². The molecule has 1 aliphatic carbocycles. The first-order valence-electron chi connectivity index (χ1n) is 9.21. The van der Waals surface area contributed by atoms with Crippen molar-refractivity contribution in [3.8, 4) is 11.8 Å². The number of piperidine rings is 1. The molecule has 25 heavy (non-hydrogen) atoms. The van der Waals surface area contributed by atoms with E-state index in [2.05, 4.69) is 13.0 Å². The Kier molecular flexibility index (Phi) is 3.82. The predicted molar refractivity (Wildman–Crippen MR) is 94.0 cm³/mol. The molecule has 1 aromatic carbocycles. The van der Waals surface area contributed by atoms with Crippen molar-refractivity contribution in [2.45, 2.75) is 57.5 Å². The summed E-state index contributed by atoms with van der Waals surface area (Å²) in [6, 6.07) is 3.90. The number of nitriles is 1. The van der Waals surface area contributed by atoms with Gasteiger partial charge in [0.15, 0.2) is 0 Å². The molecule has 1 saturated carbocycles. The average Bonchev–Trinajstić information content (AvgIpc) is 2.58. The van der Waals surface area contributed by atoms with Crippen LogP contribution < -0.4 is 9.64 Å². The molecule has 6 heteroatoms. The molecule has 2 heterocycles. The summed E-state index contributed by atoms with van der Waals surface area (Å²) >= 11 is 0. The summed E-state index contributed by atoms with van der Waals surface area (Å²) in [6.45, 7) is 3.66. The van der Waals surface area contributed by atoms with Gasteiger partial charge in [0.25, 0.3) is 5.69 Å². The number of fused-ring (bicyclic) bond motifs is 1. The van der Waals surface area contributed by atoms with Crippen molar-refractivity contribution in [3.05, 3.63) is 27.3 Å². The first-order chi connectivity index (χ1) is 12.0. The molecule has 2 fully saturated rings. The lowest BCUT2D eigenvalue weighted by Gasteiger charge is -2.45. The van der Waals surface area contributed by atoms with Crippen molar-refractivity contribution in [1.29, 1.82) is 5.26 Å². The van der Waals surface area contributed by atoms with Crippen molar-refractivity contribution in [3.63, 3.8) is 0 Å². The fraction of sp³-hybridized carbons (Fsp3) is 0.632. The molecule has 132 valence electrons. The van der Waals surface area contributed by atoms with Gasteiger partial charge in [-0.05, 0) is 50.9 Å². The number of nitro groups is 1. The molecule has 1 atom stereocenters. The number of aryl methyl sites for hydroxylation is 1. The van der Waals surface area contributed by atoms with Crippen LogP contribution in [0.15, 0.2) is 6.07 Å². The van der Waals surface area contributed by atoms with E-state index in [4.69, 9.17) is 4.74 Å². The number of hydrogen-bond donors (Lipinski definition) is 0. The van der Waals surface area contributed by atoms with Crippen molar-refractivity contribution in [2.75, 3.05) is 18.0 Å². The second-order valence-corrected chi connectivity index (χ2v) is 7.81. The molecule has 0 aromatic heterocycles. The lowest BCUT2D eigenvalue weighted by atomic mass is 9.74. The minimum atomic E-state index is -0.344. The largest absolute Gasteiger partial charge is 0.486 e. The second kappa shape index (κ2) is 5.91. The van der Waals surface area contributed by atoms with Crippen LogP contribution in [-0.4, -0.2) is 23.6 Å². The van der Waals surface area contributed by atoms with Crippen LogP contribution in [0.3, 0.4) is 0 Å². The molecule has 0 bridgehead atoms. The summed E-state index contributed by atoms with van der Waals surface area (Å²) in [6.07, 6.45) is 6.95. The lowest BCUT2D eigenvalue weighted by Crippen LogP contribution is -2.46. The maximum atomic E-state index is 11.7. The smallest absolute Gasteiger partial charge is 0.294 e. The zero-order chi connectivity index (χ0) is 17.6. The van der Waals surface area contributed by atoms with E-state index in [1.807, 2.05) is 4.90 Å². The molecule has 1 aromatic rings. The molecule has 4 rings (SSSR count). The molecular weight excluding hydrogens is 318 g/mol. The highest BCUT2D eigenvalue weighted by Gasteiger charge is 2.44. The second-order valence-electron chi connectivity index (χ2n) is 7.81. The molecule has 2 aliphatic heterocycles. The summed E-state index contributed by atoms with van der Waals surface area (Å²) in [5, 5.41) is 21.6. The van der Waals surface area contributed by atoms with Gasteiger partial charge in [0, 0.05) is 24.7 Å². The number of anilines is 1. The van der Waals surface area contributed by atoms with Crippen LogP contribution in [0.25, 0.3) is 0 Å². The van der Waals surface area contributed by atoms with Gasteiger partial charge in [-0.2, -0.15) is 5.26 Å². The molecule has 3 aliphatic rings. The topological polar surface area (TPSA) is 79.4 Å². The fourth-order valence-corrected chi connectivity index (χ4v) is 4.51. The van der Waals surface area contributed by atoms with Crippen LogP contribution in [0.2, 0.25) is 0 Å². The normalized spacial score (nSPS) is 24.0. The van der Waals surface area contributed by atoms with Crippen molar-refractivity contribution < 1.29 is 9.66 Å². The predicted octanol–water partition coefficient (Wildman–Crippen LogP) is 3.95. The van der Waals surface area contributed by atoms with Crippen LogP contribution in [0.5, 0.6) is 5.75 Å². The first-order valence-corrected chi connectivity index (χ1v) is 9.21. The number of nitro benzene ring substituents is 1. The highest BCUT2D eigenvalue weighted by Crippen LogP contribution is 2.50. The Bertz CT molecular complexity index is 764. The third-order valence-corrected chi connectivity index (χ3v) is 6.02. The summed E-state index contributed by atoms with van der Waals surface area (Å²) in [4.78, 5) is 13.4. The fourth-order valence-electron chi connectivity index (χ4n) is 4.51. The van der Waals surface area contributed by atoms with Gasteiger partial charge < -0.3 is 9.64 Å². The summed E-state index contributed by atoms with van der Waals surface area (Å²) in [5.41, 5.74) is 1.56. The Morgan fingerprint density at radius 2 is 2.20 bits per heavy atom. The van der Waals surface area contributed by atoms with E-state index < -0.39 is 0 Å². The summed E-state index contributed by atoms with van der Waals surface area (Å²) in [5.74, 6) is 1.07.